The lowest BCUT2D eigenvalue weighted by atomic mass is 9.57. The fourth-order valence-electron chi connectivity index (χ4n) is 3.85. The maximum atomic E-state index is 6.28. The van der Waals surface area contributed by atoms with Crippen molar-refractivity contribution in [2.45, 2.75) is 45.4 Å². The molecule has 1 N–H and O–H groups in total. The summed E-state index contributed by atoms with van der Waals surface area (Å²) in [7, 11) is 0. The molecule has 3 heteroatoms. The molecule has 3 unspecified atom stereocenters. The van der Waals surface area contributed by atoms with Crippen LogP contribution in [0, 0.1) is 11.3 Å². The molecule has 1 heterocycles. The van der Waals surface area contributed by atoms with Gasteiger partial charge in [0, 0.05) is 35.0 Å². The van der Waals surface area contributed by atoms with Crippen LogP contribution in [-0.4, -0.2) is 18.8 Å². The molecule has 2 aliphatic rings. The SMILES string of the molecule is C[C@H](NC1C2CCOC2C1(C)C)c1ccccc1Cl. The molecule has 1 aliphatic carbocycles. The van der Waals surface area contributed by atoms with Gasteiger partial charge in [0.25, 0.3) is 0 Å². The topological polar surface area (TPSA) is 21.3 Å². The molecule has 1 aliphatic heterocycles. The Morgan fingerprint density at radius 3 is 2.84 bits per heavy atom. The van der Waals surface area contributed by atoms with E-state index in [9.17, 15) is 0 Å². The average molecular weight is 280 g/mol. The Morgan fingerprint density at radius 2 is 2.11 bits per heavy atom. The first-order valence-corrected chi connectivity index (χ1v) is 7.51. The van der Waals surface area contributed by atoms with Gasteiger partial charge in [-0.3, -0.25) is 0 Å². The predicted octanol–water partition coefficient (Wildman–Crippen LogP) is 3.80. The lowest BCUT2D eigenvalue weighted by molar-refractivity contribution is -0.115. The van der Waals surface area contributed by atoms with E-state index in [0.29, 0.717) is 18.1 Å². The van der Waals surface area contributed by atoms with Crippen molar-refractivity contribution in [3.8, 4) is 0 Å². The molecule has 19 heavy (non-hydrogen) atoms. The summed E-state index contributed by atoms with van der Waals surface area (Å²) in [6, 6.07) is 8.89. The highest BCUT2D eigenvalue weighted by Crippen LogP contribution is 2.52. The second kappa shape index (κ2) is 4.76. The summed E-state index contributed by atoms with van der Waals surface area (Å²) in [6.07, 6.45) is 1.62. The number of halogens is 1. The highest BCUT2D eigenvalue weighted by Gasteiger charge is 2.59. The lowest BCUT2D eigenvalue weighted by Gasteiger charge is -2.55. The minimum absolute atomic E-state index is 0.219. The Kier molecular flexibility index (Phi) is 3.36. The zero-order chi connectivity index (χ0) is 13.6. The summed E-state index contributed by atoms with van der Waals surface area (Å²) in [4.78, 5) is 0. The normalized spacial score (nSPS) is 33.6. The fourth-order valence-corrected chi connectivity index (χ4v) is 4.15. The first-order chi connectivity index (χ1) is 9.01. The summed E-state index contributed by atoms with van der Waals surface area (Å²) < 4.78 is 5.84. The van der Waals surface area contributed by atoms with Gasteiger partial charge in [0.1, 0.15) is 0 Å². The molecule has 0 spiro atoms. The highest BCUT2D eigenvalue weighted by molar-refractivity contribution is 6.31. The average Bonchev–Trinajstić information content (AvgIpc) is 2.83. The molecule has 104 valence electrons. The zero-order valence-electron chi connectivity index (χ0n) is 11.8. The maximum absolute atomic E-state index is 6.28. The van der Waals surface area contributed by atoms with E-state index in [1.165, 1.54) is 12.0 Å². The molecule has 0 radical (unpaired) electrons. The van der Waals surface area contributed by atoms with E-state index in [1.807, 2.05) is 18.2 Å². The summed E-state index contributed by atoms with van der Waals surface area (Å²) in [5, 5.41) is 4.62. The molecule has 3 rings (SSSR count). The van der Waals surface area contributed by atoms with Crippen LogP contribution in [-0.2, 0) is 4.74 Å². The first-order valence-electron chi connectivity index (χ1n) is 7.14. The molecule has 1 saturated carbocycles. The van der Waals surface area contributed by atoms with Crippen molar-refractivity contribution < 1.29 is 4.74 Å². The van der Waals surface area contributed by atoms with Gasteiger partial charge in [0.15, 0.2) is 0 Å². The van der Waals surface area contributed by atoms with Crippen LogP contribution in [0.4, 0.5) is 0 Å². The predicted molar refractivity (Wildman–Crippen MR) is 78.4 cm³/mol. The van der Waals surface area contributed by atoms with E-state index in [-0.39, 0.29) is 11.5 Å². The lowest BCUT2D eigenvalue weighted by Crippen LogP contribution is -2.66. The summed E-state index contributed by atoms with van der Waals surface area (Å²) >= 11 is 6.28. The summed E-state index contributed by atoms with van der Waals surface area (Å²) in [6.45, 7) is 7.71. The quantitative estimate of drug-likeness (QED) is 0.909. The van der Waals surface area contributed by atoms with E-state index in [4.69, 9.17) is 16.3 Å². The van der Waals surface area contributed by atoms with Crippen LogP contribution in [0.25, 0.3) is 0 Å². The van der Waals surface area contributed by atoms with Gasteiger partial charge in [-0.15, -0.1) is 0 Å². The van der Waals surface area contributed by atoms with Gasteiger partial charge in [-0.05, 0) is 25.0 Å². The fraction of sp³-hybridized carbons (Fsp3) is 0.625. The molecule has 0 bridgehead atoms. The minimum Gasteiger partial charge on any atom is -0.377 e. The van der Waals surface area contributed by atoms with Crippen LogP contribution < -0.4 is 5.32 Å². The molecule has 4 atom stereocenters. The Bertz CT molecular complexity index is 474. The molecular formula is C16H22ClNO. The second-order valence-electron chi connectivity index (χ2n) is 6.45. The number of nitrogens with one attached hydrogen (secondary N) is 1. The minimum atomic E-state index is 0.219. The van der Waals surface area contributed by atoms with Crippen molar-refractivity contribution in [1.29, 1.82) is 0 Å². The Balaban J connectivity index is 1.74. The number of hydrogen-bond acceptors (Lipinski definition) is 2. The van der Waals surface area contributed by atoms with Crippen LogP contribution in [0.15, 0.2) is 24.3 Å². The van der Waals surface area contributed by atoms with Gasteiger partial charge in [-0.1, -0.05) is 43.6 Å². The third-order valence-corrected chi connectivity index (χ3v) is 5.25. The van der Waals surface area contributed by atoms with Crippen LogP contribution in [0.5, 0.6) is 0 Å². The number of hydrogen-bond donors (Lipinski definition) is 1. The van der Waals surface area contributed by atoms with E-state index in [1.54, 1.807) is 0 Å². The molecule has 1 aromatic carbocycles. The molecule has 0 amide bonds. The van der Waals surface area contributed by atoms with Gasteiger partial charge in [0.05, 0.1) is 6.10 Å². The number of benzene rings is 1. The standard InChI is InChI=1S/C16H22ClNO/c1-10(11-6-4-5-7-13(11)17)18-14-12-8-9-19-15(12)16(14,2)3/h4-7,10,12,14-15,18H,8-9H2,1-3H3/t10-,12?,14?,15?/m0/s1. The summed E-state index contributed by atoms with van der Waals surface area (Å²) in [5.74, 6) is 0.667. The third-order valence-electron chi connectivity index (χ3n) is 4.90. The van der Waals surface area contributed by atoms with Crippen molar-refractivity contribution in [3.63, 3.8) is 0 Å². The van der Waals surface area contributed by atoms with Crippen molar-refractivity contribution in [3.05, 3.63) is 34.9 Å². The Labute approximate surface area is 120 Å². The van der Waals surface area contributed by atoms with Crippen molar-refractivity contribution in [2.75, 3.05) is 6.61 Å². The maximum Gasteiger partial charge on any atom is 0.0685 e. The number of ether oxygens (including phenoxy) is 1. The molecule has 1 aromatic rings. The van der Waals surface area contributed by atoms with Gasteiger partial charge in [0.2, 0.25) is 0 Å². The van der Waals surface area contributed by atoms with Crippen molar-refractivity contribution >= 4 is 11.6 Å². The largest absolute Gasteiger partial charge is 0.377 e. The first kappa shape index (κ1) is 13.4. The monoisotopic (exact) mass is 279 g/mol. The van der Waals surface area contributed by atoms with Crippen molar-refractivity contribution in [1.82, 2.24) is 5.32 Å². The Hall–Kier alpha value is -0.570. The second-order valence-corrected chi connectivity index (χ2v) is 6.86. The number of rotatable bonds is 3. The van der Waals surface area contributed by atoms with Gasteiger partial charge in [-0.25, -0.2) is 0 Å². The van der Waals surface area contributed by atoms with Gasteiger partial charge < -0.3 is 10.1 Å². The van der Waals surface area contributed by atoms with E-state index in [0.717, 1.165) is 11.6 Å². The van der Waals surface area contributed by atoms with Crippen LogP contribution in [0.3, 0.4) is 0 Å². The van der Waals surface area contributed by atoms with Gasteiger partial charge >= 0.3 is 0 Å². The molecule has 0 aromatic heterocycles. The van der Waals surface area contributed by atoms with E-state index < -0.39 is 0 Å². The third kappa shape index (κ3) is 2.10. The highest BCUT2D eigenvalue weighted by atomic mass is 35.5. The van der Waals surface area contributed by atoms with E-state index >= 15 is 0 Å². The smallest absolute Gasteiger partial charge is 0.0685 e. The Morgan fingerprint density at radius 1 is 1.37 bits per heavy atom. The zero-order valence-corrected chi connectivity index (χ0v) is 12.6. The molecular weight excluding hydrogens is 258 g/mol. The van der Waals surface area contributed by atoms with Crippen LogP contribution in [0.2, 0.25) is 5.02 Å². The van der Waals surface area contributed by atoms with Crippen LogP contribution in [0.1, 0.15) is 38.8 Å². The number of fused-ring (bicyclic) bond motifs is 1. The van der Waals surface area contributed by atoms with E-state index in [2.05, 4.69) is 32.2 Å². The summed E-state index contributed by atoms with van der Waals surface area (Å²) in [5.41, 5.74) is 1.40. The van der Waals surface area contributed by atoms with Gasteiger partial charge in [-0.2, -0.15) is 0 Å². The molecule has 2 fully saturated rings. The van der Waals surface area contributed by atoms with Crippen LogP contribution >= 0.6 is 11.6 Å². The van der Waals surface area contributed by atoms with Crippen molar-refractivity contribution in [2.24, 2.45) is 11.3 Å². The molecule has 2 nitrogen and oxygen atoms in total. The molecule has 1 saturated heterocycles.